The van der Waals surface area contributed by atoms with Crippen molar-refractivity contribution < 1.29 is 12.8 Å². The fourth-order valence-corrected chi connectivity index (χ4v) is 2.87. The van der Waals surface area contributed by atoms with Gasteiger partial charge in [-0.15, -0.1) is 0 Å². The SMILES string of the molecule is C=C(C(C)=S)/C(N)=C(\C=C/C)NS(=O)(=O)c1cnn(CCCF)c1. The molecule has 0 aliphatic carbocycles. The molecule has 1 aromatic heterocycles. The number of thiocarbonyl (C=S) groups is 1. The molecule has 0 aliphatic rings. The van der Waals surface area contributed by atoms with E-state index in [0.29, 0.717) is 17.0 Å². The van der Waals surface area contributed by atoms with Crippen LogP contribution >= 0.6 is 12.2 Å². The van der Waals surface area contributed by atoms with E-state index >= 15 is 0 Å². The molecule has 0 bridgehead atoms. The highest BCUT2D eigenvalue weighted by Crippen LogP contribution is 2.14. The second-order valence-corrected chi connectivity index (χ2v) is 7.24. The third-order valence-corrected chi connectivity index (χ3v) is 4.63. The summed E-state index contributed by atoms with van der Waals surface area (Å²) in [4.78, 5) is 0.425. The molecule has 132 valence electrons. The van der Waals surface area contributed by atoms with E-state index in [1.165, 1.54) is 23.2 Å². The quantitative estimate of drug-likeness (QED) is 0.394. The first-order valence-corrected chi connectivity index (χ1v) is 9.06. The molecule has 24 heavy (non-hydrogen) atoms. The van der Waals surface area contributed by atoms with Gasteiger partial charge >= 0.3 is 0 Å². The van der Waals surface area contributed by atoms with E-state index < -0.39 is 16.7 Å². The number of rotatable bonds is 9. The normalized spacial score (nSPS) is 13.0. The van der Waals surface area contributed by atoms with Crippen LogP contribution in [0.15, 0.2) is 53.0 Å². The average molecular weight is 372 g/mol. The predicted octanol–water partition coefficient (Wildman–Crippen LogP) is 2.21. The summed E-state index contributed by atoms with van der Waals surface area (Å²) < 4.78 is 40.9. The smallest absolute Gasteiger partial charge is 0.265 e. The van der Waals surface area contributed by atoms with Crippen molar-refractivity contribution in [1.82, 2.24) is 14.5 Å². The van der Waals surface area contributed by atoms with Crippen molar-refractivity contribution in [1.29, 1.82) is 0 Å². The Kier molecular flexibility index (Phi) is 7.30. The van der Waals surface area contributed by atoms with Gasteiger partial charge in [-0.25, -0.2) is 8.42 Å². The number of hydrogen-bond donors (Lipinski definition) is 2. The summed E-state index contributed by atoms with van der Waals surface area (Å²) in [7, 11) is -3.89. The maximum Gasteiger partial charge on any atom is 0.265 e. The van der Waals surface area contributed by atoms with Gasteiger partial charge in [0.25, 0.3) is 10.0 Å². The highest BCUT2D eigenvalue weighted by atomic mass is 32.2. The van der Waals surface area contributed by atoms with E-state index in [0.717, 1.165) is 0 Å². The molecule has 0 radical (unpaired) electrons. The van der Waals surface area contributed by atoms with Crippen molar-refractivity contribution in [2.45, 2.75) is 31.7 Å². The van der Waals surface area contributed by atoms with Crippen molar-refractivity contribution in [3.63, 3.8) is 0 Å². The Labute approximate surface area is 147 Å². The third kappa shape index (κ3) is 5.27. The van der Waals surface area contributed by atoms with Crippen LogP contribution in [0.5, 0.6) is 0 Å². The lowest BCUT2D eigenvalue weighted by Gasteiger charge is -2.12. The molecule has 0 unspecified atom stereocenters. The van der Waals surface area contributed by atoms with Crippen LogP contribution in [0.25, 0.3) is 0 Å². The largest absolute Gasteiger partial charge is 0.397 e. The summed E-state index contributed by atoms with van der Waals surface area (Å²) in [5.74, 6) is 0. The van der Waals surface area contributed by atoms with Gasteiger partial charge in [0, 0.05) is 23.2 Å². The highest BCUT2D eigenvalue weighted by Gasteiger charge is 2.19. The lowest BCUT2D eigenvalue weighted by molar-refractivity contribution is 0.434. The Morgan fingerprint density at radius 2 is 2.25 bits per heavy atom. The Bertz CT molecular complexity index is 779. The van der Waals surface area contributed by atoms with Crippen LogP contribution in [0.3, 0.4) is 0 Å². The minimum absolute atomic E-state index is 0.0409. The molecule has 9 heteroatoms. The number of nitrogens with two attached hydrogens (primary N) is 1. The number of alkyl halides is 1. The molecule has 0 aliphatic heterocycles. The molecular formula is C15H21FN4O2S2. The maximum absolute atomic E-state index is 12.5. The van der Waals surface area contributed by atoms with Crippen molar-refractivity contribution >= 4 is 27.1 Å². The van der Waals surface area contributed by atoms with Crippen molar-refractivity contribution in [3.05, 3.63) is 48.1 Å². The van der Waals surface area contributed by atoms with E-state index in [2.05, 4.69) is 16.4 Å². The van der Waals surface area contributed by atoms with E-state index in [9.17, 15) is 12.8 Å². The molecule has 1 aromatic rings. The maximum atomic E-state index is 12.5. The predicted molar refractivity (Wildman–Crippen MR) is 96.6 cm³/mol. The summed E-state index contributed by atoms with van der Waals surface area (Å²) in [6.45, 7) is 6.94. The summed E-state index contributed by atoms with van der Waals surface area (Å²) >= 11 is 5.02. The molecule has 1 heterocycles. The van der Waals surface area contributed by atoms with Crippen LogP contribution in [-0.2, 0) is 16.6 Å². The molecule has 0 amide bonds. The Balaban J connectivity index is 3.13. The number of aromatic nitrogens is 2. The minimum Gasteiger partial charge on any atom is -0.397 e. The third-order valence-electron chi connectivity index (χ3n) is 3.06. The molecule has 0 saturated carbocycles. The first-order valence-electron chi connectivity index (χ1n) is 7.16. The molecule has 3 N–H and O–H groups in total. The number of allylic oxidation sites excluding steroid dienone is 3. The molecule has 0 aromatic carbocycles. The number of aryl methyl sites for hydroxylation is 1. The second-order valence-electron chi connectivity index (χ2n) is 4.95. The molecule has 0 fully saturated rings. The Morgan fingerprint density at radius 1 is 1.58 bits per heavy atom. The molecule has 0 saturated heterocycles. The van der Waals surface area contributed by atoms with Crippen LogP contribution in [0, 0.1) is 0 Å². The van der Waals surface area contributed by atoms with E-state index in [1.54, 1.807) is 19.9 Å². The van der Waals surface area contributed by atoms with Crippen LogP contribution in [0.2, 0.25) is 0 Å². The standard InChI is InChI=1S/C15H21FN4O2S2/c1-4-6-14(15(17)11(2)12(3)23)19-24(21,22)13-9-18-20(10-13)8-5-7-16/h4,6,9-10,19H,2,5,7-8,17H2,1,3H3/b6-4-,15-14-. The van der Waals surface area contributed by atoms with Crippen molar-refractivity contribution in [2.24, 2.45) is 5.73 Å². The van der Waals surface area contributed by atoms with Gasteiger partial charge in [0.15, 0.2) is 0 Å². The highest BCUT2D eigenvalue weighted by molar-refractivity contribution is 7.89. The van der Waals surface area contributed by atoms with E-state index in [-0.39, 0.29) is 22.7 Å². The van der Waals surface area contributed by atoms with Crippen LogP contribution in [-0.4, -0.2) is 29.7 Å². The Morgan fingerprint density at radius 3 is 2.79 bits per heavy atom. The zero-order valence-corrected chi connectivity index (χ0v) is 15.3. The van der Waals surface area contributed by atoms with Crippen LogP contribution < -0.4 is 10.5 Å². The lowest BCUT2D eigenvalue weighted by Crippen LogP contribution is -2.26. The summed E-state index contributed by atoms with van der Waals surface area (Å²) in [5, 5.41) is 3.91. The molecule has 0 spiro atoms. The van der Waals surface area contributed by atoms with Gasteiger partial charge in [-0.3, -0.25) is 13.8 Å². The fourth-order valence-electron chi connectivity index (χ4n) is 1.73. The van der Waals surface area contributed by atoms with Gasteiger partial charge in [0.2, 0.25) is 0 Å². The van der Waals surface area contributed by atoms with Gasteiger partial charge in [-0.1, -0.05) is 24.9 Å². The second kappa shape index (κ2) is 8.74. The Hall–Kier alpha value is -2.00. The van der Waals surface area contributed by atoms with E-state index in [4.69, 9.17) is 18.0 Å². The number of nitrogens with zero attached hydrogens (tertiary/aromatic N) is 2. The number of nitrogens with one attached hydrogen (secondary N) is 1. The summed E-state index contributed by atoms with van der Waals surface area (Å²) in [6, 6.07) is 0. The number of sulfonamides is 1. The lowest BCUT2D eigenvalue weighted by atomic mass is 10.1. The zero-order chi connectivity index (χ0) is 18.3. The van der Waals surface area contributed by atoms with Gasteiger partial charge < -0.3 is 5.73 Å². The topological polar surface area (TPSA) is 90.0 Å². The van der Waals surface area contributed by atoms with Crippen molar-refractivity contribution in [2.75, 3.05) is 6.67 Å². The fraction of sp³-hybridized carbons (Fsp3) is 0.333. The molecular weight excluding hydrogens is 351 g/mol. The molecule has 0 atom stereocenters. The van der Waals surface area contributed by atoms with Crippen LogP contribution in [0.1, 0.15) is 20.3 Å². The first kappa shape index (κ1) is 20.0. The summed E-state index contributed by atoms with van der Waals surface area (Å²) in [5.41, 5.74) is 6.65. The van der Waals surface area contributed by atoms with Gasteiger partial charge in [0.1, 0.15) is 4.90 Å². The van der Waals surface area contributed by atoms with Gasteiger partial charge in [-0.05, 0) is 26.3 Å². The molecule has 1 rings (SSSR count). The minimum atomic E-state index is -3.89. The number of hydrogen-bond acceptors (Lipinski definition) is 5. The zero-order valence-electron chi connectivity index (χ0n) is 13.6. The average Bonchev–Trinajstić information content (AvgIpc) is 3.00. The van der Waals surface area contributed by atoms with Crippen LogP contribution in [0.4, 0.5) is 4.39 Å². The first-order chi connectivity index (χ1) is 11.2. The number of halogens is 1. The summed E-state index contributed by atoms with van der Waals surface area (Å²) in [6.07, 6.45) is 5.95. The van der Waals surface area contributed by atoms with Gasteiger partial charge in [0.05, 0.1) is 24.3 Å². The van der Waals surface area contributed by atoms with Gasteiger partial charge in [-0.2, -0.15) is 5.10 Å². The van der Waals surface area contributed by atoms with Crippen molar-refractivity contribution in [3.8, 4) is 0 Å². The molecule has 6 nitrogen and oxygen atoms in total. The van der Waals surface area contributed by atoms with E-state index in [1.807, 2.05) is 0 Å². The monoisotopic (exact) mass is 372 g/mol.